The summed E-state index contributed by atoms with van der Waals surface area (Å²) < 4.78 is 2.07. The predicted octanol–water partition coefficient (Wildman–Crippen LogP) is 3.41. The lowest BCUT2D eigenvalue weighted by atomic mass is 10.1. The van der Waals surface area contributed by atoms with Crippen LogP contribution >= 0.6 is 11.3 Å². The maximum absolute atomic E-state index is 4.78. The van der Waals surface area contributed by atoms with Gasteiger partial charge in [-0.05, 0) is 6.42 Å². The molecule has 0 bridgehead atoms. The van der Waals surface area contributed by atoms with E-state index in [1.54, 1.807) is 11.3 Å². The number of rotatable bonds is 2. The first-order valence-corrected chi connectivity index (χ1v) is 7.58. The predicted molar refractivity (Wildman–Crippen MR) is 81.0 cm³/mol. The third-order valence-electron chi connectivity index (χ3n) is 3.56. The molecule has 0 aliphatic carbocycles. The molecule has 1 unspecified atom stereocenters. The van der Waals surface area contributed by atoms with Gasteiger partial charge in [0.25, 0.3) is 0 Å². The van der Waals surface area contributed by atoms with Gasteiger partial charge in [-0.1, -0.05) is 30.3 Å². The molecule has 3 aromatic rings. The molecule has 100 valence electrons. The average Bonchev–Trinajstić information content (AvgIpc) is 3.17. The number of hydrogen-bond donors (Lipinski definition) is 1. The molecule has 4 rings (SSSR count). The highest BCUT2D eigenvalue weighted by molar-refractivity contribution is 7.09. The van der Waals surface area contributed by atoms with E-state index >= 15 is 0 Å². The van der Waals surface area contributed by atoms with Gasteiger partial charge in [0.2, 0.25) is 0 Å². The van der Waals surface area contributed by atoms with E-state index in [0.717, 1.165) is 35.0 Å². The fraction of sp³-hybridized carbons (Fsp3) is 0.200. The Morgan fingerprint density at radius 3 is 2.95 bits per heavy atom. The van der Waals surface area contributed by atoms with Crippen molar-refractivity contribution in [1.29, 1.82) is 0 Å². The Kier molecular flexibility index (Phi) is 2.77. The van der Waals surface area contributed by atoms with Crippen LogP contribution in [0.3, 0.4) is 0 Å². The normalized spacial score (nSPS) is 17.5. The number of nitrogens with zero attached hydrogens (tertiary/aromatic N) is 3. The monoisotopic (exact) mass is 282 g/mol. The molecule has 4 nitrogen and oxygen atoms in total. The van der Waals surface area contributed by atoms with Crippen molar-refractivity contribution < 1.29 is 0 Å². The van der Waals surface area contributed by atoms with Crippen LogP contribution in [0, 0.1) is 0 Å². The Morgan fingerprint density at radius 1 is 1.25 bits per heavy atom. The van der Waals surface area contributed by atoms with E-state index in [0.29, 0.717) is 0 Å². The molecule has 1 N–H and O–H groups in total. The van der Waals surface area contributed by atoms with Gasteiger partial charge in [0, 0.05) is 29.8 Å². The Balaban J connectivity index is 1.78. The van der Waals surface area contributed by atoms with Crippen molar-refractivity contribution in [2.24, 2.45) is 0 Å². The van der Waals surface area contributed by atoms with E-state index in [9.17, 15) is 0 Å². The van der Waals surface area contributed by atoms with Gasteiger partial charge in [-0.3, -0.25) is 0 Å². The van der Waals surface area contributed by atoms with E-state index < -0.39 is 0 Å². The third kappa shape index (κ3) is 1.91. The van der Waals surface area contributed by atoms with Crippen LogP contribution in [0.15, 0.2) is 48.0 Å². The quantitative estimate of drug-likeness (QED) is 0.783. The molecule has 0 saturated carbocycles. The maximum Gasteiger partial charge on any atom is 0.125 e. The smallest absolute Gasteiger partial charge is 0.125 e. The first-order valence-electron chi connectivity index (χ1n) is 6.70. The van der Waals surface area contributed by atoms with Crippen molar-refractivity contribution in [3.8, 4) is 11.3 Å². The molecule has 0 saturated heterocycles. The lowest BCUT2D eigenvalue weighted by Gasteiger charge is -2.23. The highest BCUT2D eigenvalue weighted by atomic mass is 32.1. The van der Waals surface area contributed by atoms with E-state index in [4.69, 9.17) is 5.10 Å². The molecule has 0 fully saturated rings. The minimum absolute atomic E-state index is 0.253. The van der Waals surface area contributed by atoms with Crippen LogP contribution in [0.5, 0.6) is 0 Å². The van der Waals surface area contributed by atoms with E-state index in [-0.39, 0.29) is 6.04 Å². The number of nitrogens with one attached hydrogen (secondary N) is 1. The summed E-state index contributed by atoms with van der Waals surface area (Å²) in [7, 11) is 0. The standard InChI is InChI=1S/C15H14N4S/c1-2-4-11(5-3-1)12-10-14-16-7-6-13(19(14)18-12)15-17-8-9-20-15/h1-5,8-10,13,16H,6-7H2. The van der Waals surface area contributed by atoms with Crippen LogP contribution < -0.4 is 5.32 Å². The molecule has 1 aliphatic heterocycles. The van der Waals surface area contributed by atoms with Gasteiger partial charge in [-0.2, -0.15) is 5.10 Å². The molecule has 1 aromatic carbocycles. The molecule has 1 aliphatic rings. The van der Waals surface area contributed by atoms with Crippen LogP contribution in [-0.2, 0) is 0 Å². The summed E-state index contributed by atoms with van der Waals surface area (Å²) in [4.78, 5) is 4.45. The molecule has 20 heavy (non-hydrogen) atoms. The first-order chi connectivity index (χ1) is 9.92. The summed E-state index contributed by atoms with van der Waals surface area (Å²) >= 11 is 1.70. The van der Waals surface area contributed by atoms with Gasteiger partial charge in [-0.25, -0.2) is 9.67 Å². The number of fused-ring (bicyclic) bond motifs is 1. The molecule has 0 radical (unpaired) electrons. The van der Waals surface area contributed by atoms with Crippen molar-refractivity contribution in [1.82, 2.24) is 14.8 Å². The van der Waals surface area contributed by atoms with Gasteiger partial charge in [0.05, 0.1) is 5.69 Å². The first kappa shape index (κ1) is 11.7. The second-order valence-electron chi connectivity index (χ2n) is 4.83. The van der Waals surface area contributed by atoms with Crippen molar-refractivity contribution in [3.05, 3.63) is 53.0 Å². The Labute approximate surface area is 121 Å². The molecular weight excluding hydrogens is 268 g/mol. The minimum atomic E-state index is 0.253. The van der Waals surface area contributed by atoms with Gasteiger partial charge >= 0.3 is 0 Å². The van der Waals surface area contributed by atoms with Crippen molar-refractivity contribution >= 4 is 17.2 Å². The SMILES string of the molecule is c1ccc(-c2cc3n(n2)C(c2nccs2)CCN3)cc1. The zero-order valence-electron chi connectivity index (χ0n) is 10.9. The number of benzene rings is 1. The summed E-state index contributed by atoms with van der Waals surface area (Å²) in [6.45, 7) is 0.962. The fourth-order valence-electron chi connectivity index (χ4n) is 2.60. The van der Waals surface area contributed by atoms with Crippen molar-refractivity contribution in [2.75, 3.05) is 11.9 Å². The Bertz CT molecular complexity index is 703. The van der Waals surface area contributed by atoms with Crippen LogP contribution in [0.4, 0.5) is 5.82 Å². The van der Waals surface area contributed by atoms with Crippen LogP contribution in [0.25, 0.3) is 11.3 Å². The minimum Gasteiger partial charge on any atom is -0.370 e. The summed E-state index contributed by atoms with van der Waals surface area (Å²) in [5.41, 5.74) is 2.16. The van der Waals surface area contributed by atoms with E-state index in [1.165, 1.54) is 0 Å². The lowest BCUT2D eigenvalue weighted by Crippen LogP contribution is -2.24. The Hall–Kier alpha value is -2.14. The summed E-state index contributed by atoms with van der Waals surface area (Å²) in [5, 5.41) is 11.4. The fourth-order valence-corrected chi connectivity index (χ4v) is 3.36. The van der Waals surface area contributed by atoms with E-state index in [2.05, 4.69) is 33.2 Å². The Morgan fingerprint density at radius 2 is 2.15 bits per heavy atom. The second kappa shape index (κ2) is 4.76. The molecule has 3 heterocycles. The number of thiazole rings is 1. The highest BCUT2D eigenvalue weighted by Crippen LogP contribution is 2.33. The number of anilines is 1. The van der Waals surface area contributed by atoms with Crippen LogP contribution in [0.2, 0.25) is 0 Å². The zero-order chi connectivity index (χ0) is 13.4. The van der Waals surface area contributed by atoms with Gasteiger partial charge in [0.15, 0.2) is 0 Å². The highest BCUT2D eigenvalue weighted by Gasteiger charge is 2.25. The van der Waals surface area contributed by atoms with Crippen LogP contribution in [0.1, 0.15) is 17.5 Å². The second-order valence-corrected chi connectivity index (χ2v) is 5.75. The molecule has 5 heteroatoms. The summed E-state index contributed by atoms with van der Waals surface area (Å²) in [6.07, 6.45) is 2.89. The van der Waals surface area contributed by atoms with Crippen molar-refractivity contribution in [2.45, 2.75) is 12.5 Å². The van der Waals surface area contributed by atoms with Crippen LogP contribution in [-0.4, -0.2) is 21.3 Å². The number of aromatic nitrogens is 3. The molecule has 0 amide bonds. The lowest BCUT2D eigenvalue weighted by molar-refractivity contribution is 0.481. The molecule has 1 atom stereocenters. The molecule has 0 spiro atoms. The molecular formula is C15H14N4S. The largest absolute Gasteiger partial charge is 0.370 e. The number of hydrogen-bond acceptors (Lipinski definition) is 4. The molecule has 2 aromatic heterocycles. The van der Waals surface area contributed by atoms with Gasteiger partial charge < -0.3 is 5.32 Å². The van der Waals surface area contributed by atoms with Crippen molar-refractivity contribution in [3.63, 3.8) is 0 Å². The average molecular weight is 282 g/mol. The summed E-state index contributed by atoms with van der Waals surface area (Å²) in [5.74, 6) is 1.08. The summed E-state index contributed by atoms with van der Waals surface area (Å²) in [6, 6.07) is 12.7. The zero-order valence-corrected chi connectivity index (χ0v) is 11.7. The van der Waals surface area contributed by atoms with E-state index in [1.807, 2.05) is 29.8 Å². The maximum atomic E-state index is 4.78. The third-order valence-corrected chi connectivity index (χ3v) is 4.44. The van der Waals surface area contributed by atoms with Gasteiger partial charge in [0.1, 0.15) is 16.9 Å². The van der Waals surface area contributed by atoms with Gasteiger partial charge in [-0.15, -0.1) is 11.3 Å². The topological polar surface area (TPSA) is 42.7 Å².